The van der Waals surface area contributed by atoms with Gasteiger partial charge >= 0.3 is 11.9 Å². The molecule has 0 unspecified atom stereocenters. The van der Waals surface area contributed by atoms with Crippen LogP contribution in [0.15, 0.2) is 36.7 Å². The van der Waals surface area contributed by atoms with Gasteiger partial charge in [0.15, 0.2) is 6.20 Å². The fourth-order valence-electron chi connectivity index (χ4n) is 1.66. The van der Waals surface area contributed by atoms with Gasteiger partial charge in [-0.25, -0.2) is 14.6 Å². The molecule has 2 rings (SSSR count). The number of hydrogen-bond donors (Lipinski definition) is 2. The summed E-state index contributed by atoms with van der Waals surface area (Å²) in [5, 5.41) is 17.9. The van der Waals surface area contributed by atoms with Gasteiger partial charge in [-0.1, -0.05) is 0 Å². The molecule has 0 fully saturated rings. The predicted octanol–water partition coefficient (Wildman–Crippen LogP) is 0.969. The van der Waals surface area contributed by atoms with Gasteiger partial charge in [-0.3, -0.25) is 0 Å². The van der Waals surface area contributed by atoms with Crippen molar-refractivity contribution in [2.75, 3.05) is 0 Å². The predicted molar refractivity (Wildman–Crippen MR) is 64.8 cm³/mol. The highest BCUT2D eigenvalue weighted by Crippen LogP contribution is 2.15. The molecule has 2 aromatic rings. The Kier molecular flexibility index (Phi) is 3.24. The second-order valence-electron chi connectivity index (χ2n) is 3.95. The van der Waals surface area contributed by atoms with Gasteiger partial charge in [0, 0.05) is 18.3 Å². The zero-order chi connectivity index (χ0) is 14.0. The Morgan fingerprint density at radius 2 is 1.74 bits per heavy atom. The van der Waals surface area contributed by atoms with Crippen molar-refractivity contribution in [1.82, 2.24) is 4.98 Å². The van der Waals surface area contributed by atoms with E-state index >= 15 is 0 Å². The molecule has 0 bridgehead atoms. The quantitative estimate of drug-likeness (QED) is 0.801. The van der Waals surface area contributed by atoms with Crippen molar-refractivity contribution in [3.63, 3.8) is 0 Å². The van der Waals surface area contributed by atoms with E-state index in [1.54, 1.807) is 17.8 Å². The van der Waals surface area contributed by atoms with Gasteiger partial charge in [0.1, 0.15) is 12.7 Å². The van der Waals surface area contributed by atoms with Gasteiger partial charge in [-0.2, -0.15) is 4.57 Å². The summed E-state index contributed by atoms with van der Waals surface area (Å²) in [6, 6.07) is 5.71. The topological polar surface area (TPSA) is 91.4 Å². The van der Waals surface area contributed by atoms with Crippen molar-refractivity contribution in [2.24, 2.45) is 7.05 Å². The maximum atomic E-state index is 10.9. The van der Waals surface area contributed by atoms with E-state index in [9.17, 15) is 9.59 Å². The molecule has 2 aromatic heterocycles. The van der Waals surface area contributed by atoms with Crippen LogP contribution in [0.5, 0.6) is 0 Å². The maximum Gasteiger partial charge on any atom is 0.336 e. The number of carbonyl (C=O) groups is 2. The number of aryl methyl sites for hydroxylation is 1. The van der Waals surface area contributed by atoms with Crippen LogP contribution in [0.4, 0.5) is 0 Å². The molecule has 6 nitrogen and oxygen atoms in total. The van der Waals surface area contributed by atoms with Crippen molar-refractivity contribution in [2.45, 2.75) is 0 Å². The van der Waals surface area contributed by atoms with Gasteiger partial charge in [-0.15, -0.1) is 0 Å². The number of hydrogen-bond acceptors (Lipinski definition) is 3. The normalized spacial score (nSPS) is 10.2. The van der Waals surface area contributed by atoms with E-state index in [-0.39, 0.29) is 11.1 Å². The lowest BCUT2D eigenvalue weighted by Gasteiger charge is -2.02. The average molecular weight is 259 g/mol. The molecule has 0 aliphatic rings. The highest BCUT2D eigenvalue weighted by molar-refractivity contribution is 5.90. The molecule has 2 N–H and O–H groups in total. The Hall–Kier alpha value is -2.76. The number of carboxylic acids is 2. The zero-order valence-electron chi connectivity index (χ0n) is 10.1. The molecule has 2 heterocycles. The smallest absolute Gasteiger partial charge is 0.336 e. The Bertz CT molecular complexity index is 667. The third-order valence-electron chi connectivity index (χ3n) is 2.67. The fraction of sp³-hybridized carbons (Fsp3) is 0.0769. The first-order chi connectivity index (χ1) is 8.99. The number of rotatable bonds is 3. The van der Waals surface area contributed by atoms with Crippen molar-refractivity contribution >= 4 is 11.9 Å². The highest BCUT2D eigenvalue weighted by atomic mass is 16.4. The molecule has 0 aliphatic carbocycles. The Morgan fingerprint density at radius 3 is 2.37 bits per heavy atom. The van der Waals surface area contributed by atoms with Crippen LogP contribution in [-0.2, 0) is 7.05 Å². The van der Waals surface area contributed by atoms with Crippen LogP contribution >= 0.6 is 0 Å². The first kappa shape index (κ1) is 12.7. The molecule has 19 heavy (non-hydrogen) atoms. The first-order valence-electron chi connectivity index (χ1n) is 5.42. The van der Waals surface area contributed by atoms with Crippen LogP contribution < -0.4 is 4.57 Å². The van der Waals surface area contributed by atoms with Crippen LogP contribution in [0.25, 0.3) is 11.4 Å². The summed E-state index contributed by atoms with van der Waals surface area (Å²) in [7, 11) is 1.73. The minimum atomic E-state index is -1.05. The number of pyridine rings is 2. The van der Waals surface area contributed by atoms with Gasteiger partial charge in [0.05, 0.1) is 11.1 Å². The molecule has 0 saturated carbocycles. The van der Waals surface area contributed by atoms with Crippen LogP contribution in [0.3, 0.4) is 0 Å². The van der Waals surface area contributed by atoms with Crippen molar-refractivity contribution < 1.29 is 24.4 Å². The summed E-state index contributed by atoms with van der Waals surface area (Å²) in [4.78, 5) is 25.9. The van der Waals surface area contributed by atoms with E-state index in [1.165, 1.54) is 30.5 Å². The van der Waals surface area contributed by atoms with Crippen molar-refractivity contribution in [1.29, 1.82) is 0 Å². The molecule has 0 amide bonds. The van der Waals surface area contributed by atoms with Crippen LogP contribution in [0.2, 0.25) is 0 Å². The summed E-state index contributed by atoms with van der Waals surface area (Å²) in [5.41, 5.74) is 1.16. The zero-order valence-corrected chi connectivity index (χ0v) is 10.1. The highest BCUT2D eigenvalue weighted by Gasteiger charge is 2.16. The Labute approximate surface area is 108 Å². The minimum absolute atomic E-state index is 0.103. The molecule has 0 aromatic carbocycles. The Balaban J connectivity index is 2.57. The average Bonchev–Trinajstić information content (AvgIpc) is 2.39. The Morgan fingerprint density at radius 1 is 1.11 bits per heavy atom. The summed E-state index contributed by atoms with van der Waals surface area (Å²) in [5.74, 6) is -2.10. The van der Waals surface area contributed by atoms with E-state index in [0.29, 0.717) is 11.4 Å². The van der Waals surface area contributed by atoms with Gasteiger partial charge in [0.2, 0.25) is 5.69 Å². The van der Waals surface area contributed by atoms with Crippen LogP contribution in [-0.4, -0.2) is 27.1 Å². The van der Waals surface area contributed by atoms with E-state index in [2.05, 4.69) is 4.98 Å². The summed E-state index contributed by atoms with van der Waals surface area (Å²) < 4.78 is 1.68. The maximum absolute atomic E-state index is 10.9. The number of carboxylic acid groups (broad SMARTS) is 2. The van der Waals surface area contributed by atoms with Crippen molar-refractivity contribution in [3.8, 4) is 11.4 Å². The molecule has 0 spiro atoms. The lowest BCUT2D eigenvalue weighted by atomic mass is 10.1. The fourth-order valence-corrected chi connectivity index (χ4v) is 1.66. The van der Waals surface area contributed by atoms with Crippen LogP contribution in [0, 0.1) is 0 Å². The molecule has 0 atom stereocenters. The molecule has 0 radical (unpaired) electrons. The molecular weight excluding hydrogens is 248 g/mol. The van der Waals surface area contributed by atoms with E-state index < -0.39 is 11.9 Å². The van der Waals surface area contributed by atoms with Gasteiger partial charge in [0.25, 0.3) is 0 Å². The lowest BCUT2D eigenvalue weighted by Crippen LogP contribution is -2.31. The summed E-state index contributed by atoms with van der Waals surface area (Å²) >= 11 is 0. The monoisotopic (exact) mass is 259 g/mol. The molecule has 96 valence electrons. The number of aromatic nitrogens is 2. The molecule has 0 saturated heterocycles. The SMILES string of the molecule is C[n+]1ccc(C(=O)O)cc1-c1cc(C(=O)O)ccn1. The third-order valence-corrected chi connectivity index (χ3v) is 2.67. The molecule has 0 aliphatic heterocycles. The number of nitrogens with zero attached hydrogens (tertiary/aromatic N) is 2. The summed E-state index contributed by atoms with van der Waals surface area (Å²) in [6.45, 7) is 0. The van der Waals surface area contributed by atoms with E-state index in [4.69, 9.17) is 10.2 Å². The molecule has 6 heteroatoms. The molecular formula is C13H11N2O4+. The van der Waals surface area contributed by atoms with Gasteiger partial charge in [-0.05, 0) is 12.1 Å². The third kappa shape index (κ3) is 2.57. The largest absolute Gasteiger partial charge is 0.478 e. The van der Waals surface area contributed by atoms with Gasteiger partial charge < -0.3 is 10.2 Å². The minimum Gasteiger partial charge on any atom is -0.478 e. The first-order valence-corrected chi connectivity index (χ1v) is 5.42. The van der Waals surface area contributed by atoms with Crippen molar-refractivity contribution in [3.05, 3.63) is 47.8 Å². The summed E-state index contributed by atoms with van der Waals surface area (Å²) in [6.07, 6.45) is 2.97. The lowest BCUT2D eigenvalue weighted by molar-refractivity contribution is -0.660. The second kappa shape index (κ2) is 4.85. The standard InChI is InChI=1S/C13H10N2O4/c1-15-5-3-9(13(18)19)7-11(15)10-6-8(12(16)17)2-4-14-10/h2-7H,1H3,(H-,16,17,18,19)/p+1. The second-order valence-corrected chi connectivity index (χ2v) is 3.95. The number of aromatic carboxylic acids is 2. The van der Waals surface area contributed by atoms with E-state index in [1.807, 2.05) is 0 Å². The van der Waals surface area contributed by atoms with E-state index in [0.717, 1.165) is 0 Å². The van der Waals surface area contributed by atoms with Crippen LogP contribution in [0.1, 0.15) is 20.7 Å².